The maximum Gasteiger partial charge on any atom is 0.423 e. The molecular formula is C29H29F3N8O4. The maximum atomic E-state index is 14.0. The molecule has 5 rings (SSSR count). The van der Waals surface area contributed by atoms with E-state index in [1.807, 2.05) is 6.07 Å². The van der Waals surface area contributed by atoms with Crippen LogP contribution in [0.3, 0.4) is 0 Å². The van der Waals surface area contributed by atoms with E-state index in [2.05, 4.69) is 30.4 Å². The highest BCUT2D eigenvalue weighted by Crippen LogP contribution is 2.32. The van der Waals surface area contributed by atoms with Crippen molar-refractivity contribution in [3.8, 4) is 11.8 Å². The summed E-state index contributed by atoms with van der Waals surface area (Å²) in [6.07, 6.45) is -1.60. The van der Waals surface area contributed by atoms with Crippen molar-refractivity contribution >= 4 is 11.5 Å². The molecule has 2 unspecified atom stereocenters. The van der Waals surface area contributed by atoms with E-state index < -0.39 is 29.0 Å². The second-order valence-electron chi connectivity index (χ2n) is 10.3. The third-order valence-electron chi connectivity index (χ3n) is 7.05. The van der Waals surface area contributed by atoms with E-state index in [4.69, 9.17) is 19.3 Å². The zero-order chi connectivity index (χ0) is 31.3. The van der Waals surface area contributed by atoms with Crippen molar-refractivity contribution in [2.45, 2.75) is 44.6 Å². The maximum absolute atomic E-state index is 14.0. The van der Waals surface area contributed by atoms with Crippen LogP contribution in [0.15, 0.2) is 58.1 Å². The molecule has 0 saturated carbocycles. The van der Waals surface area contributed by atoms with Crippen LogP contribution in [0.25, 0.3) is 0 Å². The second kappa shape index (κ2) is 13.1. The average molecular weight is 611 g/mol. The van der Waals surface area contributed by atoms with Crippen LogP contribution in [-0.2, 0) is 24.1 Å². The lowest BCUT2D eigenvalue weighted by Crippen LogP contribution is -2.34. The fourth-order valence-corrected chi connectivity index (χ4v) is 4.83. The van der Waals surface area contributed by atoms with Gasteiger partial charge in [0.1, 0.15) is 29.8 Å². The van der Waals surface area contributed by atoms with Gasteiger partial charge >= 0.3 is 6.18 Å². The van der Waals surface area contributed by atoms with Gasteiger partial charge in [0, 0.05) is 31.2 Å². The minimum atomic E-state index is -4.91. The van der Waals surface area contributed by atoms with Crippen LogP contribution in [0.5, 0.6) is 5.75 Å². The summed E-state index contributed by atoms with van der Waals surface area (Å²) < 4.78 is 58.7. The number of nitriles is 1. The Labute approximate surface area is 250 Å². The summed E-state index contributed by atoms with van der Waals surface area (Å²) in [5, 5.41) is 19.7. The lowest BCUT2D eigenvalue weighted by molar-refractivity contribution is -0.138. The Morgan fingerprint density at radius 3 is 2.68 bits per heavy atom. The predicted octanol–water partition coefficient (Wildman–Crippen LogP) is 3.98. The van der Waals surface area contributed by atoms with Crippen molar-refractivity contribution in [2.75, 3.05) is 37.0 Å². The van der Waals surface area contributed by atoms with Crippen LogP contribution in [-0.4, -0.2) is 57.8 Å². The number of benzene rings is 1. The average Bonchev–Trinajstić information content (AvgIpc) is 3.69. The number of methoxy groups -OCH3 is 1. The van der Waals surface area contributed by atoms with Crippen molar-refractivity contribution in [1.29, 1.82) is 5.26 Å². The van der Waals surface area contributed by atoms with Crippen LogP contribution in [0.1, 0.15) is 47.7 Å². The number of hydrogen-bond donors (Lipinski definition) is 1. The predicted molar refractivity (Wildman–Crippen MR) is 151 cm³/mol. The molecule has 12 nitrogen and oxygen atoms in total. The number of ether oxygens (including phenoxy) is 2. The van der Waals surface area contributed by atoms with E-state index in [0.717, 1.165) is 29.7 Å². The molecule has 0 amide bonds. The van der Waals surface area contributed by atoms with E-state index in [0.29, 0.717) is 29.2 Å². The number of nitrogens with zero attached hydrogens (tertiary/aromatic N) is 7. The molecule has 1 N–H and O–H groups in total. The van der Waals surface area contributed by atoms with Gasteiger partial charge in [-0.1, -0.05) is 17.3 Å². The molecule has 2 atom stereocenters. The molecule has 1 aromatic carbocycles. The van der Waals surface area contributed by atoms with E-state index in [1.54, 1.807) is 43.3 Å². The summed E-state index contributed by atoms with van der Waals surface area (Å²) in [7, 11) is 1.50. The molecule has 44 heavy (non-hydrogen) atoms. The normalized spacial score (nSPS) is 15.6. The molecule has 1 aliphatic rings. The van der Waals surface area contributed by atoms with Crippen molar-refractivity contribution in [3.05, 3.63) is 87.6 Å². The van der Waals surface area contributed by atoms with Gasteiger partial charge in [0.15, 0.2) is 5.82 Å². The van der Waals surface area contributed by atoms with Gasteiger partial charge in [-0.05, 0) is 43.2 Å². The lowest BCUT2D eigenvalue weighted by Gasteiger charge is -2.19. The molecule has 1 aliphatic heterocycles. The first-order valence-electron chi connectivity index (χ1n) is 13.7. The van der Waals surface area contributed by atoms with Gasteiger partial charge in [-0.15, -0.1) is 0 Å². The Morgan fingerprint density at radius 2 is 2.00 bits per heavy atom. The third kappa shape index (κ3) is 7.14. The molecule has 230 valence electrons. The SMILES string of the molecule is COc1ccc(Cn2ncc(NC(C)COCc3nc(C4CCN(c5ccc(C#N)cn5)C4)no3)c(C(F)(F)F)c2=O)cc1. The Kier molecular flexibility index (Phi) is 9.09. The smallest absolute Gasteiger partial charge is 0.423 e. The molecule has 0 bridgehead atoms. The number of pyridine rings is 1. The Morgan fingerprint density at radius 1 is 1.20 bits per heavy atom. The Hall–Kier alpha value is -4.97. The van der Waals surface area contributed by atoms with Crippen LogP contribution in [0.4, 0.5) is 24.7 Å². The van der Waals surface area contributed by atoms with Crippen molar-refractivity contribution in [1.82, 2.24) is 24.9 Å². The minimum Gasteiger partial charge on any atom is -0.497 e. The highest BCUT2D eigenvalue weighted by atomic mass is 19.4. The monoisotopic (exact) mass is 610 g/mol. The summed E-state index contributed by atoms with van der Waals surface area (Å²) >= 11 is 0. The van der Waals surface area contributed by atoms with E-state index in [9.17, 15) is 18.0 Å². The quantitative estimate of drug-likeness (QED) is 0.263. The third-order valence-corrected chi connectivity index (χ3v) is 7.05. The molecule has 4 heterocycles. The minimum absolute atomic E-state index is 0.00842. The van der Waals surface area contributed by atoms with Crippen molar-refractivity contribution < 1.29 is 27.2 Å². The Bertz CT molecular complexity index is 1670. The van der Waals surface area contributed by atoms with E-state index in [1.165, 1.54) is 13.3 Å². The van der Waals surface area contributed by atoms with Crippen LogP contribution < -0.4 is 20.5 Å². The van der Waals surface area contributed by atoms with Crippen molar-refractivity contribution in [2.24, 2.45) is 0 Å². The highest BCUT2D eigenvalue weighted by Gasteiger charge is 2.38. The molecule has 1 fully saturated rings. The van der Waals surface area contributed by atoms with Gasteiger partial charge in [0.05, 0.1) is 37.7 Å². The summed E-state index contributed by atoms with van der Waals surface area (Å²) in [6.45, 7) is 2.81. The Balaban J connectivity index is 1.15. The molecule has 0 aliphatic carbocycles. The number of anilines is 2. The lowest BCUT2D eigenvalue weighted by atomic mass is 10.1. The molecule has 0 spiro atoms. The van der Waals surface area contributed by atoms with Gasteiger partial charge in [0.2, 0.25) is 0 Å². The number of nitrogens with one attached hydrogen (secondary N) is 1. The fraction of sp³-hybridized carbons (Fsp3) is 0.379. The number of aromatic nitrogens is 5. The highest BCUT2D eigenvalue weighted by molar-refractivity contribution is 5.50. The first-order chi connectivity index (χ1) is 21.1. The first-order valence-corrected chi connectivity index (χ1v) is 13.7. The standard InChI is InChI=1S/C29H29F3N8O4/c1-18(36-23-13-35-40(28(41)26(23)29(30,31)32)14-19-3-6-22(42-2)7-4-19)16-43-17-25-37-27(38-44-25)21-9-10-39(15-21)24-8-5-20(11-33)12-34-24/h3-8,12-13,18,21,36H,9-10,14-17H2,1-2H3. The van der Waals surface area contributed by atoms with Gasteiger partial charge < -0.3 is 24.2 Å². The number of alkyl halides is 3. The second-order valence-corrected chi connectivity index (χ2v) is 10.3. The topological polar surface area (TPSA) is 144 Å². The summed E-state index contributed by atoms with van der Waals surface area (Å²) in [4.78, 5) is 23.6. The first kappa shape index (κ1) is 30.5. The summed E-state index contributed by atoms with van der Waals surface area (Å²) in [5.74, 6) is 2.13. The summed E-state index contributed by atoms with van der Waals surface area (Å²) in [6, 6.07) is 11.5. The van der Waals surface area contributed by atoms with E-state index >= 15 is 0 Å². The number of hydrogen-bond acceptors (Lipinski definition) is 11. The van der Waals surface area contributed by atoms with Crippen LogP contribution >= 0.6 is 0 Å². The summed E-state index contributed by atoms with van der Waals surface area (Å²) in [5.41, 5.74) is -1.95. The fourth-order valence-electron chi connectivity index (χ4n) is 4.83. The van der Waals surface area contributed by atoms with Crippen LogP contribution in [0.2, 0.25) is 0 Å². The van der Waals surface area contributed by atoms with Gasteiger partial charge in [-0.3, -0.25) is 4.79 Å². The molecular weight excluding hydrogens is 581 g/mol. The molecule has 3 aromatic heterocycles. The number of rotatable bonds is 11. The van der Waals surface area contributed by atoms with E-state index in [-0.39, 0.29) is 31.6 Å². The number of halogens is 3. The van der Waals surface area contributed by atoms with Gasteiger partial charge in [-0.2, -0.15) is 28.5 Å². The zero-order valence-corrected chi connectivity index (χ0v) is 23.9. The van der Waals surface area contributed by atoms with Gasteiger partial charge in [-0.25, -0.2) is 9.67 Å². The molecule has 0 radical (unpaired) electrons. The molecule has 4 aromatic rings. The molecule has 15 heteroatoms. The van der Waals surface area contributed by atoms with Gasteiger partial charge in [0.25, 0.3) is 11.4 Å². The molecule has 1 saturated heterocycles. The largest absolute Gasteiger partial charge is 0.497 e. The van der Waals surface area contributed by atoms with Crippen LogP contribution in [0, 0.1) is 11.3 Å². The van der Waals surface area contributed by atoms with Crippen molar-refractivity contribution in [3.63, 3.8) is 0 Å². The zero-order valence-electron chi connectivity index (χ0n) is 23.9.